The Hall–Kier alpha value is -1.08. The van der Waals surface area contributed by atoms with Gasteiger partial charge in [-0.15, -0.1) is 0 Å². The minimum Gasteiger partial charge on any atom is -0.308 e. The first-order valence-corrected chi connectivity index (χ1v) is 5.34. The molecular weight excluding hydrogens is 170 g/mol. The molecule has 1 saturated carbocycles. The van der Waals surface area contributed by atoms with E-state index in [1.54, 1.807) is 0 Å². The molecule has 0 bridgehead atoms. The van der Waals surface area contributed by atoms with Crippen LogP contribution >= 0.6 is 0 Å². The van der Waals surface area contributed by atoms with Crippen molar-refractivity contribution in [2.45, 2.75) is 31.8 Å². The molecule has 0 radical (unpaired) electrons. The Morgan fingerprint density at radius 2 is 2.00 bits per heavy atom. The van der Waals surface area contributed by atoms with Crippen LogP contribution in [0.1, 0.15) is 25.3 Å². The number of hydrogen-bond acceptors (Lipinski definition) is 1. The summed E-state index contributed by atoms with van der Waals surface area (Å²) in [4.78, 5) is 0. The molecule has 14 heavy (non-hydrogen) atoms. The smallest absolute Gasteiger partial charge is 0.0227 e. The molecule has 74 valence electrons. The topological polar surface area (TPSA) is 12.0 Å². The van der Waals surface area contributed by atoms with Crippen molar-refractivity contribution in [3.05, 3.63) is 42.0 Å². The fourth-order valence-electron chi connectivity index (χ4n) is 1.50. The maximum absolute atomic E-state index is 3.54. The van der Waals surface area contributed by atoms with Gasteiger partial charge in [-0.3, -0.25) is 0 Å². The largest absolute Gasteiger partial charge is 0.308 e. The van der Waals surface area contributed by atoms with Crippen LogP contribution in [0.4, 0.5) is 0 Å². The summed E-state index contributed by atoms with van der Waals surface area (Å²) in [5.74, 6) is 0. The van der Waals surface area contributed by atoms with Gasteiger partial charge in [-0.05, 0) is 25.3 Å². The molecule has 0 aliphatic heterocycles. The monoisotopic (exact) mass is 187 g/mol. The van der Waals surface area contributed by atoms with E-state index in [0.717, 1.165) is 6.04 Å². The van der Waals surface area contributed by atoms with E-state index in [-0.39, 0.29) is 0 Å². The van der Waals surface area contributed by atoms with E-state index in [1.165, 1.54) is 18.4 Å². The third kappa shape index (κ3) is 3.00. The summed E-state index contributed by atoms with van der Waals surface area (Å²) in [6, 6.07) is 11.7. The third-order valence-electron chi connectivity index (χ3n) is 2.45. The predicted octanol–water partition coefficient (Wildman–Crippen LogP) is 2.84. The summed E-state index contributed by atoms with van der Waals surface area (Å²) >= 11 is 0. The molecule has 1 N–H and O–H groups in total. The van der Waals surface area contributed by atoms with Gasteiger partial charge in [0.1, 0.15) is 0 Å². The number of rotatable bonds is 4. The minimum atomic E-state index is 0.489. The fourth-order valence-corrected chi connectivity index (χ4v) is 1.50. The molecule has 0 heterocycles. The van der Waals surface area contributed by atoms with Crippen LogP contribution in [0.2, 0.25) is 0 Å². The van der Waals surface area contributed by atoms with Gasteiger partial charge in [0.15, 0.2) is 0 Å². The molecule has 1 fully saturated rings. The van der Waals surface area contributed by atoms with Crippen LogP contribution < -0.4 is 5.32 Å². The highest BCUT2D eigenvalue weighted by molar-refractivity contribution is 5.49. The minimum absolute atomic E-state index is 0.489. The van der Waals surface area contributed by atoms with Gasteiger partial charge in [-0.25, -0.2) is 0 Å². The Kier molecular flexibility index (Phi) is 3.00. The Morgan fingerprint density at radius 1 is 1.29 bits per heavy atom. The van der Waals surface area contributed by atoms with Gasteiger partial charge in [-0.1, -0.05) is 42.5 Å². The van der Waals surface area contributed by atoms with Gasteiger partial charge in [0, 0.05) is 12.1 Å². The second-order valence-electron chi connectivity index (χ2n) is 4.00. The number of hydrogen-bond donors (Lipinski definition) is 1. The van der Waals surface area contributed by atoms with E-state index in [0.29, 0.717) is 6.04 Å². The summed E-state index contributed by atoms with van der Waals surface area (Å²) < 4.78 is 0. The van der Waals surface area contributed by atoms with Gasteiger partial charge in [0.2, 0.25) is 0 Å². The van der Waals surface area contributed by atoms with Crippen LogP contribution in [0, 0.1) is 0 Å². The van der Waals surface area contributed by atoms with Crippen molar-refractivity contribution in [2.24, 2.45) is 0 Å². The molecular formula is C13H17N. The van der Waals surface area contributed by atoms with Gasteiger partial charge < -0.3 is 5.32 Å². The van der Waals surface area contributed by atoms with Crippen LogP contribution in [0.15, 0.2) is 36.4 Å². The summed E-state index contributed by atoms with van der Waals surface area (Å²) in [7, 11) is 0. The van der Waals surface area contributed by atoms with E-state index < -0.39 is 0 Å². The summed E-state index contributed by atoms with van der Waals surface area (Å²) in [5, 5.41) is 3.54. The summed E-state index contributed by atoms with van der Waals surface area (Å²) in [6.45, 7) is 2.21. The molecule has 0 aromatic heterocycles. The van der Waals surface area contributed by atoms with Crippen LogP contribution in [0.5, 0.6) is 0 Å². The maximum atomic E-state index is 3.54. The van der Waals surface area contributed by atoms with E-state index in [9.17, 15) is 0 Å². The SMILES string of the molecule is C[C@@H](/C=C/c1ccccc1)NC1CC1. The van der Waals surface area contributed by atoms with Crippen molar-refractivity contribution in [3.63, 3.8) is 0 Å². The first-order chi connectivity index (χ1) is 6.84. The summed E-state index contributed by atoms with van der Waals surface area (Å²) in [5.41, 5.74) is 1.27. The lowest BCUT2D eigenvalue weighted by Gasteiger charge is -2.06. The van der Waals surface area contributed by atoms with Crippen molar-refractivity contribution in [1.82, 2.24) is 5.32 Å². The molecule has 0 spiro atoms. The zero-order chi connectivity index (χ0) is 9.80. The van der Waals surface area contributed by atoms with Crippen LogP contribution in [-0.2, 0) is 0 Å². The molecule has 0 amide bonds. The highest BCUT2D eigenvalue weighted by Gasteiger charge is 2.21. The van der Waals surface area contributed by atoms with Gasteiger partial charge in [0.05, 0.1) is 0 Å². The summed E-state index contributed by atoms with van der Waals surface area (Å²) in [6.07, 6.45) is 7.11. The lowest BCUT2D eigenvalue weighted by Crippen LogP contribution is -2.25. The maximum Gasteiger partial charge on any atom is 0.0227 e. The van der Waals surface area contributed by atoms with Crippen molar-refractivity contribution in [2.75, 3.05) is 0 Å². The number of nitrogens with one attached hydrogen (secondary N) is 1. The molecule has 0 unspecified atom stereocenters. The zero-order valence-electron chi connectivity index (χ0n) is 8.61. The van der Waals surface area contributed by atoms with Gasteiger partial charge >= 0.3 is 0 Å². The van der Waals surface area contributed by atoms with Gasteiger partial charge in [-0.2, -0.15) is 0 Å². The third-order valence-corrected chi connectivity index (χ3v) is 2.45. The molecule has 1 aromatic carbocycles. The average Bonchev–Trinajstić information content (AvgIpc) is 3.00. The van der Waals surface area contributed by atoms with Crippen LogP contribution in [0.25, 0.3) is 6.08 Å². The Bertz CT molecular complexity index is 298. The fraction of sp³-hybridized carbons (Fsp3) is 0.385. The van der Waals surface area contributed by atoms with Crippen molar-refractivity contribution < 1.29 is 0 Å². The van der Waals surface area contributed by atoms with Crippen LogP contribution in [0.3, 0.4) is 0 Å². The van der Waals surface area contributed by atoms with E-state index in [1.807, 2.05) is 6.07 Å². The zero-order valence-corrected chi connectivity index (χ0v) is 8.61. The lowest BCUT2D eigenvalue weighted by atomic mass is 10.2. The van der Waals surface area contributed by atoms with Crippen molar-refractivity contribution >= 4 is 6.08 Å². The van der Waals surface area contributed by atoms with E-state index in [4.69, 9.17) is 0 Å². The Balaban J connectivity index is 1.86. The molecule has 1 heteroatoms. The van der Waals surface area contributed by atoms with Crippen molar-refractivity contribution in [3.8, 4) is 0 Å². The molecule has 1 nitrogen and oxygen atoms in total. The van der Waals surface area contributed by atoms with Crippen molar-refractivity contribution in [1.29, 1.82) is 0 Å². The van der Waals surface area contributed by atoms with E-state index in [2.05, 4.69) is 48.7 Å². The second-order valence-corrected chi connectivity index (χ2v) is 4.00. The molecule has 2 rings (SSSR count). The molecule has 1 aliphatic carbocycles. The Morgan fingerprint density at radius 3 is 2.64 bits per heavy atom. The standard InChI is InChI=1S/C13H17N/c1-11(14-13-9-10-13)7-8-12-5-3-2-4-6-12/h2-8,11,13-14H,9-10H2,1H3/b8-7+/t11-/m0/s1. The second kappa shape index (κ2) is 4.43. The number of benzene rings is 1. The lowest BCUT2D eigenvalue weighted by molar-refractivity contribution is 0.630. The highest BCUT2D eigenvalue weighted by Crippen LogP contribution is 2.19. The average molecular weight is 187 g/mol. The first kappa shape index (κ1) is 9.47. The van der Waals surface area contributed by atoms with Gasteiger partial charge in [0.25, 0.3) is 0 Å². The molecule has 1 atom stereocenters. The normalized spacial score (nSPS) is 18.6. The first-order valence-electron chi connectivity index (χ1n) is 5.34. The quantitative estimate of drug-likeness (QED) is 0.764. The van der Waals surface area contributed by atoms with Crippen LogP contribution in [-0.4, -0.2) is 12.1 Å². The molecule has 0 saturated heterocycles. The Labute approximate surface area is 85.8 Å². The predicted molar refractivity (Wildman–Crippen MR) is 61.1 cm³/mol. The molecule has 1 aromatic rings. The molecule has 1 aliphatic rings. The highest BCUT2D eigenvalue weighted by atomic mass is 15.0. The van der Waals surface area contributed by atoms with E-state index >= 15 is 0 Å².